The fourth-order valence-electron chi connectivity index (χ4n) is 2.11. The fraction of sp³-hybridized carbons (Fsp3) is 0.188. The lowest BCUT2D eigenvalue weighted by Gasteiger charge is -2.12. The molecule has 0 aromatic heterocycles. The van der Waals surface area contributed by atoms with E-state index in [9.17, 15) is 0 Å². The molecule has 0 aliphatic carbocycles. The van der Waals surface area contributed by atoms with Crippen molar-refractivity contribution in [1.29, 1.82) is 0 Å². The second-order valence-electron chi connectivity index (χ2n) is 4.72. The minimum atomic E-state index is 0.515. The van der Waals surface area contributed by atoms with Crippen LogP contribution in [0, 0.1) is 7.14 Å². The van der Waals surface area contributed by atoms with Crippen molar-refractivity contribution >= 4 is 73.6 Å². The molecule has 0 spiro atoms. The third-order valence-corrected chi connectivity index (χ3v) is 5.97. The highest BCUT2D eigenvalue weighted by molar-refractivity contribution is 14.1. The molecule has 2 aromatic rings. The Bertz CT molecular complexity index is 713. The summed E-state index contributed by atoms with van der Waals surface area (Å²) < 4.78 is 8.22. The molecule has 2 nitrogen and oxygen atoms in total. The SMILES string of the molecule is Clc1cccc(COc2c(I)cc(C3=NCCS3)cc2I)c1. The van der Waals surface area contributed by atoms with Gasteiger partial charge in [-0.05, 0) is 75.0 Å². The molecule has 0 fully saturated rings. The van der Waals surface area contributed by atoms with Crippen molar-refractivity contribution in [3.8, 4) is 5.75 Å². The van der Waals surface area contributed by atoms with Crippen LogP contribution in [-0.2, 0) is 6.61 Å². The van der Waals surface area contributed by atoms with Crippen LogP contribution >= 0.6 is 68.5 Å². The standard InChI is InChI=1S/C16H12ClI2NOS/c17-12-3-1-2-10(6-12)9-21-15-13(18)7-11(8-14(15)19)16-20-4-5-22-16/h1-3,6-8H,4-5,9H2. The molecule has 22 heavy (non-hydrogen) atoms. The summed E-state index contributed by atoms with van der Waals surface area (Å²) in [6, 6.07) is 12.0. The van der Waals surface area contributed by atoms with Crippen LogP contribution in [0.2, 0.25) is 5.02 Å². The van der Waals surface area contributed by atoms with E-state index in [0.29, 0.717) is 6.61 Å². The molecule has 2 aromatic carbocycles. The summed E-state index contributed by atoms with van der Waals surface area (Å²) in [6.07, 6.45) is 0. The van der Waals surface area contributed by atoms with Crippen molar-refractivity contribution in [2.24, 2.45) is 4.99 Å². The zero-order chi connectivity index (χ0) is 15.5. The van der Waals surface area contributed by atoms with Gasteiger partial charge in [0, 0.05) is 22.9 Å². The van der Waals surface area contributed by atoms with Crippen molar-refractivity contribution < 1.29 is 4.74 Å². The minimum absolute atomic E-state index is 0.515. The Morgan fingerprint density at radius 2 is 1.95 bits per heavy atom. The van der Waals surface area contributed by atoms with Gasteiger partial charge in [0.05, 0.1) is 12.2 Å². The maximum Gasteiger partial charge on any atom is 0.146 e. The number of thioether (sulfide) groups is 1. The second-order valence-corrected chi connectivity index (χ2v) is 8.57. The van der Waals surface area contributed by atoms with Crippen LogP contribution in [0.15, 0.2) is 41.4 Å². The van der Waals surface area contributed by atoms with Gasteiger partial charge in [-0.2, -0.15) is 0 Å². The first kappa shape index (κ1) is 16.9. The number of hydrogen-bond donors (Lipinski definition) is 0. The highest BCUT2D eigenvalue weighted by Gasteiger charge is 2.15. The first-order valence-electron chi connectivity index (χ1n) is 6.67. The smallest absolute Gasteiger partial charge is 0.146 e. The van der Waals surface area contributed by atoms with Crippen molar-refractivity contribution in [2.45, 2.75) is 6.61 Å². The van der Waals surface area contributed by atoms with E-state index >= 15 is 0 Å². The summed E-state index contributed by atoms with van der Waals surface area (Å²) in [5.74, 6) is 2.00. The van der Waals surface area contributed by atoms with Crippen LogP contribution in [0.5, 0.6) is 5.75 Å². The van der Waals surface area contributed by atoms with Crippen LogP contribution < -0.4 is 4.74 Å². The summed E-state index contributed by atoms with van der Waals surface area (Å²) in [5.41, 5.74) is 2.25. The summed E-state index contributed by atoms with van der Waals surface area (Å²) >= 11 is 12.5. The van der Waals surface area contributed by atoms with Crippen molar-refractivity contribution in [3.63, 3.8) is 0 Å². The lowest BCUT2D eigenvalue weighted by molar-refractivity contribution is 0.302. The highest BCUT2D eigenvalue weighted by Crippen LogP contribution is 2.32. The van der Waals surface area contributed by atoms with Gasteiger partial charge in [0.25, 0.3) is 0 Å². The van der Waals surface area contributed by atoms with Crippen molar-refractivity contribution in [1.82, 2.24) is 0 Å². The van der Waals surface area contributed by atoms with Gasteiger partial charge in [-0.15, -0.1) is 11.8 Å². The molecule has 0 saturated carbocycles. The third kappa shape index (κ3) is 4.10. The highest BCUT2D eigenvalue weighted by atomic mass is 127. The summed E-state index contributed by atoms with van der Waals surface area (Å²) in [6.45, 7) is 1.43. The molecule has 0 atom stereocenters. The Balaban J connectivity index is 1.79. The molecule has 6 heteroatoms. The molecule has 0 amide bonds. The molecule has 0 unspecified atom stereocenters. The Labute approximate surface area is 166 Å². The third-order valence-electron chi connectivity index (χ3n) is 3.10. The van der Waals surface area contributed by atoms with Crippen LogP contribution in [0.25, 0.3) is 0 Å². The fourth-order valence-corrected chi connectivity index (χ4v) is 5.25. The van der Waals surface area contributed by atoms with E-state index in [1.54, 1.807) is 0 Å². The van der Waals surface area contributed by atoms with E-state index in [0.717, 1.165) is 40.8 Å². The molecule has 0 radical (unpaired) electrons. The Morgan fingerprint density at radius 3 is 2.59 bits per heavy atom. The van der Waals surface area contributed by atoms with Gasteiger partial charge in [0.1, 0.15) is 12.4 Å². The van der Waals surface area contributed by atoms with E-state index in [4.69, 9.17) is 16.3 Å². The molecular formula is C16H12ClI2NOS. The van der Waals surface area contributed by atoms with E-state index < -0.39 is 0 Å². The quantitative estimate of drug-likeness (QED) is 0.457. The van der Waals surface area contributed by atoms with Crippen LogP contribution in [0.1, 0.15) is 11.1 Å². The number of halogens is 3. The van der Waals surface area contributed by atoms with E-state index in [1.165, 1.54) is 5.56 Å². The largest absolute Gasteiger partial charge is 0.487 e. The predicted molar refractivity (Wildman–Crippen MR) is 112 cm³/mol. The molecule has 0 saturated heterocycles. The number of benzene rings is 2. The molecule has 1 aliphatic rings. The van der Waals surface area contributed by atoms with Gasteiger partial charge in [0.15, 0.2) is 0 Å². The first-order chi connectivity index (χ1) is 10.6. The van der Waals surface area contributed by atoms with Crippen molar-refractivity contribution in [2.75, 3.05) is 12.3 Å². The zero-order valence-electron chi connectivity index (χ0n) is 11.5. The monoisotopic (exact) mass is 555 g/mol. The molecule has 1 heterocycles. The summed E-state index contributed by atoms with van der Waals surface area (Å²) in [5, 5.41) is 1.87. The van der Waals surface area contributed by atoms with Gasteiger partial charge < -0.3 is 4.74 Å². The lowest BCUT2D eigenvalue weighted by Crippen LogP contribution is -2.01. The van der Waals surface area contributed by atoms with Gasteiger partial charge in [0.2, 0.25) is 0 Å². The molecule has 3 rings (SSSR count). The normalized spacial score (nSPS) is 14.0. The van der Waals surface area contributed by atoms with Crippen LogP contribution in [0.4, 0.5) is 0 Å². The molecule has 114 valence electrons. The molecule has 0 bridgehead atoms. The van der Waals surface area contributed by atoms with Gasteiger partial charge >= 0.3 is 0 Å². The number of ether oxygens (including phenoxy) is 1. The number of nitrogens with zero attached hydrogens (tertiary/aromatic N) is 1. The Hall–Kier alpha value is 0.01000. The number of aliphatic imine (C=N–C) groups is 1. The van der Waals surface area contributed by atoms with Gasteiger partial charge in [-0.25, -0.2) is 0 Å². The average molecular weight is 556 g/mol. The zero-order valence-corrected chi connectivity index (χ0v) is 17.4. The average Bonchev–Trinajstić information content (AvgIpc) is 3.00. The maximum atomic E-state index is 6.01. The van der Waals surface area contributed by atoms with E-state index in [-0.39, 0.29) is 0 Å². The van der Waals surface area contributed by atoms with Crippen LogP contribution in [0.3, 0.4) is 0 Å². The number of hydrogen-bond acceptors (Lipinski definition) is 3. The second kappa shape index (κ2) is 7.72. The maximum absolute atomic E-state index is 6.01. The van der Waals surface area contributed by atoms with E-state index in [2.05, 4.69) is 62.3 Å². The van der Waals surface area contributed by atoms with E-state index in [1.807, 2.05) is 36.0 Å². The van der Waals surface area contributed by atoms with Crippen molar-refractivity contribution in [3.05, 3.63) is 59.7 Å². The molecule has 1 aliphatic heterocycles. The predicted octanol–water partition coefficient (Wildman–Crippen LogP) is 5.62. The Morgan fingerprint density at radius 1 is 1.18 bits per heavy atom. The summed E-state index contributed by atoms with van der Waals surface area (Å²) in [4.78, 5) is 4.54. The summed E-state index contributed by atoms with van der Waals surface area (Å²) in [7, 11) is 0. The number of rotatable bonds is 4. The Kier molecular flexibility index (Phi) is 5.91. The lowest BCUT2D eigenvalue weighted by atomic mass is 10.2. The molecule has 0 N–H and O–H groups in total. The first-order valence-corrected chi connectivity index (χ1v) is 10.2. The van der Waals surface area contributed by atoms with Gasteiger partial charge in [-0.3, -0.25) is 4.99 Å². The van der Waals surface area contributed by atoms with Gasteiger partial charge in [-0.1, -0.05) is 23.7 Å². The molecular weight excluding hydrogens is 544 g/mol. The van der Waals surface area contributed by atoms with Crippen LogP contribution in [-0.4, -0.2) is 17.3 Å². The minimum Gasteiger partial charge on any atom is -0.487 e. The topological polar surface area (TPSA) is 21.6 Å².